The standard InChI is InChI=1S/C16H21ClN4O2/c17-14-6-5-12(21-8-7-19-16(21)23)9-13(14)15(22)20-11-3-1-10(18)2-4-11/h5-6,9-11H,1-4,7-8,18H2,(H,19,23)(H,20,22). The second kappa shape index (κ2) is 6.76. The number of hydrogen-bond donors (Lipinski definition) is 3. The number of carbonyl (C=O) groups excluding carboxylic acids is 2. The van der Waals surface area contributed by atoms with E-state index in [2.05, 4.69) is 10.6 Å². The number of anilines is 1. The minimum absolute atomic E-state index is 0.136. The second-order valence-corrected chi connectivity index (χ2v) is 6.54. The first-order chi connectivity index (χ1) is 11.0. The number of amides is 3. The Labute approximate surface area is 140 Å². The topological polar surface area (TPSA) is 87.5 Å². The number of nitrogens with zero attached hydrogens (tertiary/aromatic N) is 1. The van der Waals surface area contributed by atoms with Gasteiger partial charge in [0.2, 0.25) is 0 Å². The number of urea groups is 1. The fourth-order valence-electron chi connectivity index (χ4n) is 3.10. The summed E-state index contributed by atoms with van der Waals surface area (Å²) in [5, 5.41) is 6.16. The minimum Gasteiger partial charge on any atom is -0.349 e. The van der Waals surface area contributed by atoms with Crippen molar-refractivity contribution in [3.63, 3.8) is 0 Å². The highest BCUT2D eigenvalue weighted by molar-refractivity contribution is 6.34. The van der Waals surface area contributed by atoms with Gasteiger partial charge in [0, 0.05) is 30.9 Å². The molecule has 1 heterocycles. The van der Waals surface area contributed by atoms with Gasteiger partial charge in [-0.3, -0.25) is 9.69 Å². The van der Waals surface area contributed by atoms with Crippen molar-refractivity contribution in [3.05, 3.63) is 28.8 Å². The van der Waals surface area contributed by atoms with Crippen molar-refractivity contribution in [2.24, 2.45) is 5.73 Å². The zero-order chi connectivity index (χ0) is 16.4. The first-order valence-corrected chi connectivity index (χ1v) is 8.34. The van der Waals surface area contributed by atoms with E-state index in [-0.39, 0.29) is 24.0 Å². The lowest BCUT2D eigenvalue weighted by Gasteiger charge is -2.27. The molecule has 1 aromatic carbocycles. The molecule has 3 rings (SSSR count). The van der Waals surface area contributed by atoms with Crippen molar-refractivity contribution in [2.45, 2.75) is 37.8 Å². The summed E-state index contributed by atoms with van der Waals surface area (Å²) in [6.45, 7) is 1.19. The van der Waals surface area contributed by atoms with Crippen LogP contribution in [0.4, 0.5) is 10.5 Å². The number of benzene rings is 1. The van der Waals surface area contributed by atoms with Gasteiger partial charge in [-0.25, -0.2) is 4.79 Å². The molecule has 6 nitrogen and oxygen atoms in total. The van der Waals surface area contributed by atoms with Crippen molar-refractivity contribution in [3.8, 4) is 0 Å². The van der Waals surface area contributed by atoms with E-state index in [1.165, 1.54) is 0 Å². The van der Waals surface area contributed by atoms with Crippen molar-refractivity contribution >= 4 is 29.2 Å². The summed E-state index contributed by atoms with van der Waals surface area (Å²) in [7, 11) is 0. The Morgan fingerprint density at radius 1 is 1.30 bits per heavy atom. The summed E-state index contributed by atoms with van der Waals surface area (Å²) < 4.78 is 0. The summed E-state index contributed by atoms with van der Waals surface area (Å²) in [5.41, 5.74) is 6.97. The van der Waals surface area contributed by atoms with E-state index in [9.17, 15) is 9.59 Å². The molecule has 2 aliphatic rings. The number of rotatable bonds is 3. The third-order valence-corrected chi connectivity index (χ3v) is 4.80. The molecule has 23 heavy (non-hydrogen) atoms. The fourth-order valence-corrected chi connectivity index (χ4v) is 3.30. The zero-order valence-corrected chi connectivity index (χ0v) is 13.6. The molecule has 1 aliphatic heterocycles. The van der Waals surface area contributed by atoms with Crippen LogP contribution in [-0.2, 0) is 0 Å². The van der Waals surface area contributed by atoms with Crippen LogP contribution in [0.25, 0.3) is 0 Å². The highest BCUT2D eigenvalue weighted by atomic mass is 35.5. The molecule has 4 N–H and O–H groups in total. The van der Waals surface area contributed by atoms with Gasteiger partial charge in [-0.2, -0.15) is 0 Å². The van der Waals surface area contributed by atoms with E-state index >= 15 is 0 Å². The maximum Gasteiger partial charge on any atom is 0.321 e. The Kier molecular flexibility index (Phi) is 4.73. The molecule has 0 bridgehead atoms. The van der Waals surface area contributed by atoms with Gasteiger partial charge in [0.15, 0.2) is 0 Å². The zero-order valence-electron chi connectivity index (χ0n) is 12.8. The van der Waals surface area contributed by atoms with Crippen molar-refractivity contribution in [1.29, 1.82) is 0 Å². The normalized spacial score (nSPS) is 24.4. The quantitative estimate of drug-likeness (QED) is 0.787. The Morgan fingerprint density at radius 3 is 2.70 bits per heavy atom. The molecule has 0 atom stereocenters. The minimum atomic E-state index is -0.197. The average molecular weight is 337 g/mol. The Balaban J connectivity index is 1.73. The van der Waals surface area contributed by atoms with Gasteiger partial charge in [-0.05, 0) is 43.9 Å². The van der Waals surface area contributed by atoms with Gasteiger partial charge in [0.05, 0.1) is 10.6 Å². The third kappa shape index (κ3) is 3.59. The highest BCUT2D eigenvalue weighted by Gasteiger charge is 2.24. The van der Waals surface area contributed by atoms with Crippen LogP contribution in [0.3, 0.4) is 0 Å². The Bertz CT molecular complexity index is 614. The smallest absolute Gasteiger partial charge is 0.321 e. The van der Waals surface area contributed by atoms with Crippen LogP contribution in [-0.4, -0.2) is 37.1 Å². The van der Waals surface area contributed by atoms with Gasteiger partial charge in [0.1, 0.15) is 0 Å². The lowest BCUT2D eigenvalue weighted by Crippen LogP contribution is -2.40. The molecule has 0 unspecified atom stereocenters. The van der Waals surface area contributed by atoms with Gasteiger partial charge in [-0.15, -0.1) is 0 Å². The van der Waals surface area contributed by atoms with E-state index in [4.69, 9.17) is 17.3 Å². The predicted octanol–water partition coefficient (Wildman–Crippen LogP) is 1.87. The number of halogens is 1. The molecule has 1 aromatic rings. The van der Waals surface area contributed by atoms with E-state index in [1.807, 2.05) is 0 Å². The lowest BCUT2D eigenvalue weighted by atomic mass is 9.91. The van der Waals surface area contributed by atoms with Crippen LogP contribution < -0.4 is 21.3 Å². The van der Waals surface area contributed by atoms with E-state index < -0.39 is 0 Å². The Morgan fingerprint density at radius 2 is 2.04 bits per heavy atom. The molecule has 1 aliphatic carbocycles. The highest BCUT2D eigenvalue weighted by Crippen LogP contribution is 2.25. The first kappa shape index (κ1) is 16.1. The largest absolute Gasteiger partial charge is 0.349 e. The van der Waals surface area contributed by atoms with Crippen molar-refractivity contribution in [1.82, 2.24) is 10.6 Å². The average Bonchev–Trinajstić information content (AvgIpc) is 2.96. The summed E-state index contributed by atoms with van der Waals surface area (Å²) in [4.78, 5) is 25.9. The third-order valence-electron chi connectivity index (χ3n) is 4.47. The maximum atomic E-state index is 12.5. The summed E-state index contributed by atoms with van der Waals surface area (Å²) in [6.07, 6.45) is 3.62. The lowest BCUT2D eigenvalue weighted by molar-refractivity contribution is 0.0926. The molecule has 1 saturated carbocycles. The molecule has 0 aromatic heterocycles. The predicted molar refractivity (Wildman–Crippen MR) is 89.9 cm³/mol. The summed E-state index contributed by atoms with van der Waals surface area (Å²) in [5.74, 6) is -0.197. The van der Waals surface area contributed by atoms with Crippen LogP contribution in [0.2, 0.25) is 5.02 Å². The van der Waals surface area contributed by atoms with E-state index in [0.717, 1.165) is 25.7 Å². The molecule has 7 heteroatoms. The molecular weight excluding hydrogens is 316 g/mol. The first-order valence-electron chi connectivity index (χ1n) is 7.96. The van der Waals surface area contributed by atoms with E-state index in [0.29, 0.717) is 29.4 Å². The SMILES string of the molecule is NC1CCC(NC(=O)c2cc(N3CCNC3=O)ccc2Cl)CC1. The van der Waals surface area contributed by atoms with Crippen molar-refractivity contribution < 1.29 is 9.59 Å². The van der Waals surface area contributed by atoms with Crippen LogP contribution in [0.15, 0.2) is 18.2 Å². The Hall–Kier alpha value is -1.79. The number of hydrogen-bond acceptors (Lipinski definition) is 3. The molecule has 3 amide bonds. The molecule has 124 valence electrons. The van der Waals surface area contributed by atoms with Crippen LogP contribution in [0.5, 0.6) is 0 Å². The molecule has 2 fully saturated rings. The number of nitrogens with two attached hydrogens (primary N) is 1. The second-order valence-electron chi connectivity index (χ2n) is 6.13. The van der Waals surface area contributed by atoms with Gasteiger partial charge >= 0.3 is 6.03 Å². The molecule has 0 spiro atoms. The maximum absolute atomic E-state index is 12.5. The van der Waals surface area contributed by atoms with Gasteiger partial charge in [-0.1, -0.05) is 11.6 Å². The van der Waals surface area contributed by atoms with Crippen LogP contribution in [0.1, 0.15) is 36.0 Å². The van der Waals surface area contributed by atoms with Crippen LogP contribution in [0, 0.1) is 0 Å². The molecular formula is C16H21ClN4O2. The molecule has 0 radical (unpaired) electrons. The van der Waals surface area contributed by atoms with Gasteiger partial charge < -0.3 is 16.4 Å². The number of carbonyl (C=O) groups is 2. The summed E-state index contributed by atoms with van der Waals surface area (Å²) in [6, 6.07) is 5.32. The van der Waals surface area contributed by atoms with Crippen LogP contribution >= 0.6 is 11.6 Å². The molecule has 1 saturated heterocycles. The van der Waals surface area contributed by atoms with Crippen molar-refractivity contribution in [2.75, 3.05) is 18.0 Å². The van der Waals surface area contributed by atoms with E-state index in [1.54, 1.807) is 23.1 Å². The summed E-state index contributed by atoms with van der Waals surface area (Å²) >= 11 is 6.18. The van der Waals surface area contributed by atoms with Gasteiger partial charge in [0.25, 0.3) is 5.91 Å². The fraction of sp³-hybridized carbons (Fsp3) is 0.500. The number of nitrogens with one attached hydrogen (secondary N) is 2. The monoisotopic (exact) mass is 336 g/mol.